The van der Waals surface area contributed by atoms with E-state index >= 15 is 0 Å². The van der Waals surface area contributed by atoms with E-state index in [1.807, 2.05) is 24.4 Å². The van der Waals surface area contributed by atoms with Gasteiger partial charge in [-0.15, -0.1) is 11.3 Å². The molecule has 0 radical (unpaired) electrons. The lowest BCUT2D eigenvalue weighted by Gasteiger charge is -2.26. The Balaban J connectivity index is 1.94. The summed E-state index contributed by atoms with van der Waals surface area (Å²) in [5.41, 5.74) is 0. The lowest BCUT2D eigenvalue weighted by molar-refractivity contribution is -0.122. The van der Waals surface area contributed by atoms with Crippen molar-refractivity contribution in [3.8, 4) is 0 Å². The molecule has 2 rings (SSSR count). The number of hydrogen-bond acceptors (Lipinski definition) is 3. The molecule has 1 aliphatic heterocycles. The molecule has 0 saturated carbocycles. The van der Waals surface area contributed by atoms with Gasteiger partial charge in [-0.25, -0.2) is 4.79 Å². The standard InChI is InChI=1S/C14H21N3O2S/c1-10(12-7-5-9-20-12)17(2)14(19)16-11-6-3-4-8-15-13(11)18/h5,7,9-11H,3-4,6,8H2,1-2H3,(H,15,18)(H,16,19)/t10-,11+/m1/s1. The van der Waals surface area contributed by atoms with Crippen LogP contribution in [0.25, 0.3) is 0 Å². The molecular formula is C14H21N3O2S. The van der Waals surface area contributed by atoms with E-state index in [4.69, 9.17) is 0 Å². The molecular weight excluding hydrogens is 274 g/mol. The largest absolute Gasteiger partial charge is 0.354 e. The Bertz CT molecular complexity index is 461. The summed E-state index contributed by atoms with van der Waals surface area (Å²) in [5.74, 6) is -0.0759. The fourth-order valence-electron chi connectivity index (χ4n) is 2.22. The van der Waals surface area contributed by atoms with Crippen LogP contribution in [-0.4, -0.2) is 36.5 Å². The molecule has 1 aliphatic rings. The Morgan fingerprint density at radius 1 is 1.55 bits per heavy atom. The molecule has 5 nitrogen and oxygen atoms in total. The molecule has 3 amide bonds. The van der Waals surface area contributed by atoms with Crippen LogP contribution in [0.4, 0.5) is 4.79 Å². The summed E-state index contributed by atoms with van der Waals surface area (Å²) in [4.78, 5) is 26.8. The minimum absolute atomic E-state index is 0.00355. The van der Waals surface area contributed by atoms with E-state index in [-0.39, 0.29) is 18.0 Å². The van der Waals surface area contributed by atoms with Crippen molar-refractivity contribution in [2.75, 3.05) is 13.6 Å². The van der Waals surface area contributed by atoms with Gasteiger partial charge in [-0.05, 0) is 37.6 Å². The Hall–Kier alpha value is -1.56. The first-order chi connectivity index (χ1) is 9.59. The first kappa shape index (κ1) is 14.8. The summed E-state index contributed by atoms with van der Waals surface area (Å²) in [6.07, 6.45) is 2.63. The highest BCUT2D eigenvalue weighted by Crippen LogP contribution is 2.23. The van der Waals surface area contributed by atoms with Crippen molar-refractivity contribution in [3.63, 3.8) is 0 Å². The van der Waals surface area contributed by atoms with Gasteiger partial charge < -0.3 is 15.5 Å². The summed E-state index contributed by atoms with van der Waals surface area (Å²) < 4.78 is 0. The lowest BCUT2D eigenvalue weighted by atomic mass is 10.1. The van der Waals surface area contributed by atoms with Gasteiger partial charge in [0.05, 0.1) is 6.04 Å². The highest BCUT2D eigenvalue weighted by atomic mass is 32.1. The summed E-state index contributed by atoms with van der Waals surface area (Å²) >= 11 is 1.63. The molecule has 0 aliphatic carbocycles. The maximum absolute atomic E-state index is 12.2. The molecule has 0 spiro atoms. The molecule has 1 aromatic rings. The molecule has 20 heavy (non-hydrogen) atoms. The number of nitrogens with one attached hydrogen (secondary N) is 2. The summed E-state index contributed by atoms with van der Waals surface area (Å²) in [5, 5.41) is 7.65. The predicted molar refractivity (Wildman–Crippen MR) is 79.7 cm³/mol. The third-order valence-electron chi connectivity index (χ3n) is 3.69. The zero-order chi connectivity index (χ0) is 14.5. The Morgan fingerprint density at radius 2 is 2.35 bits per heavy atom. The molecule has 0 aromatic carbocycles. The van der Waals surface area contributed by atoms with Gasteiger partial charge in [0.15, 0.2) is 0 Å². The predicted octanol–water partition coefficient (Wildman–Crippen LogP) is 2.12. The van der Waals surface area contributed by atoms with Crippen LogP contribution >= 0.6 is 11.3 Å². The number of carbonyl (C=O) groups excluding carboxylic acids is 2. The molecule has 0 unspecified atom stereocenters. The number of rotatable bonds is 3. The average Bonchev–Trinajstić information content (AvgIpc) is 2.90. The van der Waals surface area contributed by atoms with Crippen LogP contribution in [0.2, 0.25) is 0 Å². The fraction of sp³-hybridized carbons (Fsp3) is 0.571. The minimum atomic E-state index is -0.414. The summed E-state index contributed by atoms with van der Waals surface area (Å²) in [7, 11) is 1.76. The van der Waals surface area contributed by atoms with Gasteiger partial charge in [0.2, 0.25) is 5.91 Å². The first-order valence-electron chi connectivity index (χ1n) is 6.94. The van der Waals surface area contributed by atoms with Gasteiger partial charge in [-0.3, -0.25) is 4.79 Å². The minimum Gasteiger partial charge on any atom is -0.354 e. The highest BCUT2D eigenvalue weighted by Gasteiger charge is 2.25. The maximum Gasteiger partial charge on any atom is 0.318 e. The molecule has 110 valence electrons. The molecule has 0 bridgehead atoms. The molecule has 2 N–H and O–H groups in total. The zero-order valence-corrected chi connectivity index (χ0v) is 12.7. The highest BCUT2D eigenvalue weighted by molar-refractivity contribution is 7.10. The van der Waals surface area contributed by atoms with Crippen molar-refractivity contribution < 1.29 is 9.59 Å². The van der Waals surface area contributed by atoms with E-state index in [2.05, 4.69) is 10.6 Å². The molecule has 1 fully saturated rings. The van der Waals surface area contributed by atoms with Gasteiger partial charge in [0.25, 0.3) is 0 Å². The van der Waals surface area contributed by atoms with E-state index < -0.39 is 6.04 Å². The first-order valence-corrected chi connectivity index (χ1v) is 7.82. The van der Waals surface area contributed by atoms with E-state index in [0.717, 1.165) is 17.7 Å². The van der Waals surface area contributed by atoms with Crippen LogP contribution in [-0.2, 0) is 4.79 Å². The fourth-order valence-corrected chi connectivity index (χ4v) is 3.05. The van der Waals surface area contributed by atoms with E-state index in [1.54, 1.807) is 23.3 Å². The number of urea groups is 1. The van der Waals surface area contributed by atoms with Gasteiger partial charge in [-0.1, -0.05) is 6.07 Å². The van der Waals surface area contributed by atoms with Crippen LogP contribution in [0.3, 0.4) is 0 Å². The average molecular weight is 295 g/mol. The topological polar surface area (TPSA) is 61.4 Å². The second kappa shape index (κ2) is 6.74. The van der Waals surface area contributed by atoms with Crippen molar-refractivity contribution in [3.05, 3.63) is 22.4 Å². The molecule has 2 atom stereocenters. The Kier molecular flexibility index (Phi) is 5.00. The van der Waals surface area contributed by atoms with Crippen LogP contribution in [0.15, 0.2) is 17.5 Å². The molecule has 2 heterocycles. The third kappa shape index (κ3) is 3.50. The van der Waals surface area contributed by atoms with Crippen molar-refractivity contribution >= 4 is 23.3 Å². The molecule has 1 saturated heterocycles. The third-order valence-corrected chi connectivity index (χ3v) is 4.73. The maximum atomic E-state index is 12.2. The summed E-state index contributed by atoms with van der Waals surface area (Å²) in [6, 6.07) is 3.37. The van der Waals surface area contributed by atoms with Crippen LogP contribution in [0.1, 0.15) is 37.1 Å². The van der Waals surface area contributed by atoms with Crippen molar-refractivity contribution in [2.45, 2.75) is 38.3 Å². The van der Waals surface area contributed by atoms with E-state index in [1.165, 1.54) is 0 Å². The zero-order valence-electron chi connectivity index (χ0n) is 11.9. The van der Waals surface area contributed by atoms with Crippen molar-refractivity contribution in [1.82, 2.24) is 15.5 Å². The van der Waals surface area contributed by atoms with Crippen molar-refractivity contribution in [2.24, 2.45) is 0 Å². The summed E-state index contributed by atoms with van der Waals surface area (Å²) in [6.45, 7) is 2.69. The van der Waals surface area contributed by atoms with Gasteiger partial charge in [0, 0.05) is 18.5 Å². The SMILES string of the molecule is C[C@H](c1cccs1)N(C)C(=O)N[C@H]1CCCCNC1=O. The smallest absolute Gasteiger partial charge is 0.318 e. The second-order valence-electron chi connectivity index (χ2n) is 5.09. The van der Waals surface area contributed by atoms with Gasteiger partial charge in [-0.2, -0.15) is 0 Å². The van der Waals surface area contributed by atoms with Crippen LogP contribution in [0.5, 0.6) is 0 Å². The normalized spacial score (nSPS) is 20.7. The monoisotopic (exact) mass is 295 g/mol. The number of nitrogens with zero attached hydrogens (tertiary/aromatic N) is 1. The second-order valence-corrected chi connectivity index (χ2v) is 6.07. The van der Waals surface area contributed by atoms with Crippen LogP contribution < -0.4 is 10.6 Å². The van der Waals surface area contributed by atoms with Gasteiger partial charge in [0.1, 0.15) is 6.04 Å². The van der Waals surface area contributed by atoms with E-state index in [0.29, 0.717) is 13.0 Å². The van der Waals surface area contributed by atoms with Crippen LogP contribution in [0, 0.1) is 0 Å². The van der Waals surface area contributed by atoms with E-state index in [9.17, 15) is 9.59 Å². The number of thiophene rings is 1. The molecule has 1 aromatic heterocycles. The molecule has 6 heteroatoms. The number of hydrogen-bond donors (Lipinski definition) is 2. The van der Waals surface area contributed by atoms with Crippen molar-refractivity contribution in [1.29, 1.82) is 0 Å². The lowest BCUT2D eigenvalue weighted by Crippen LogP contribution is -2.49. The Morgan fingerprint density at radius 3 is 3.05 bits per heavy atom. The number of amides is 3. The quantitative estimate of drug-likeness (QED) is 0.897. The Labute approximate surface area is 123 Å². The van der Waals surface area contributed by atoms with Gasteiger partial charge >= 0.3 is 6.03 Å². The number of carbonyl (C=O) groups is 2.